The molecule has 1 saturated heterocycles. The molecule has 17 heavy (non-hydrogen) atoms. The zero-order chi connectivity index (χ0) is 12.1. The minimum absolute atomic E-state index is 0.0243. The van der Waals surface area contributed by atoms with Crippen LogP contribution in [-0.2, 0) is 4.74 Å². The maximum absolute atomic E-state index is 13.1. The first-order valence-electron chi connectivity index (χ1n) is 5.96. The van der Waals surface area contributed by atoms with E-state index >= 15 is 0 Å². The summed E-state index contributed by atoms with van der Waals surface area (Å²) in [6.07, 6.45) is 0. The van der Waals surface area contributed by atoms with Crippen LogP contribution in [0.15, 0.2) is 24.3 Å². The van der Waals surface area contributed by atoms with Gasteiger partial charge in [-0.25, -0.2) is 4.39 Å². The second kappa shape index (κ2) is 6.10. The Bertz CT molecular complexity index is 353. The number of hydrogen-bond donors (Lipinski definition) is 1. The lowest BCUT2D eigenvalue weighted by Gasteiger charge is -2.30. The van der Waals surface area contributed by atoms with Crippen molar-refractivity contribution in [3.63, 3.8) is 0 Å². The zero-order valence-electron chi connectivity index (χ0n) is 9.81. The molecule has 0 bridgehead atoms. The molecule has 94 valence electrons. The van der Waals surface area contributed by atoms with Gasteiger partial charge in [0.15, 0.2) is 0 Å². The second-order valence-corrected chi connectivity index (χ2v) is 4.35. The van der Waals surface area contributed by atoms with E-state index in [0.29, 0.717) is 0 Å². The average Bonchev–Trinajstić information content (AvgIpc) is 2.37. The van der Waals surface area contributed by atoms with Crippen molar-refractivity contribution in [1.29, 1.82) is 0 Å². The first kappa shape index (κ1) is 12.5. The summed E-state index contributed by atoms with van der Waals surface area (Å²) in [6.45, 7) is 4.03. The number of benzene rings is 1. The molecule has 3 nitrogen and oxygen atoms in total. The van der Waals surface area contributed by atoms with Gasteiger partial charge in [0.1, 0.15) is 5.82 Å². The van der Waals surface area contributed by atoms with Gasteiger partial charge in [-0.3, -0.25) is 4.90 Å². The van der Waals surface area contributed by atoms with Crippen LogP contribution in [0.25, 0.3) is 0 Å². The van der Waals surface area contributed by atoms with Crippen LogP contribution < -0.4 is 0 Å². The summed E-state index contributed by atoms with van der Waals surface area (Å²) < 4.78 is 18.4. The average molecular weight is 239 g/mol. The number of hydrogen-bond acceptors (Lipinski definition) is 3. The fraction of sp³-hybridized carbons (Fsp3) is 0.538. The van der Waals surface area contributed by atoms with E-state index in [1.54, 1.807) is 6.07 Å². The van der Waals surface area contributed by atoms with Gasteiger partial charge in [-0.05, 0) is 17.7 Å². The van der Waals surface area contributed by atoms with E-state index in [-0.39, 0.29) is 18.3 Å². The molecule has 1 fully saturated rings. The van der Waals surface area contributed by atoms with Crippen molar-refractivity contribution in [3.05, 3.63) is 35.6 Å². The summed E-state index contributed by atoms with van der Waals surface area (Å²) in [5, 5.41) is 9.42. The van der Waals surface area contributed by atoms with Crippen LogP contribution in [0.3, 0.4) is 0 Å². The predicted octanol–water partition coefficient (Wildman–Crippen LogP) is 1.23. The molecule has 4 heteroatoms. The summed E-state index contributed by atoms with van der Waals surface area (Å²) in [6, 6.07) is 6.48. The molecule has 1 aromatic carbocycles. The number of morpholine rings is 1. The molecule has 0 radical (unpaired) electrons. The van der Waals surface area contributed by atoms with Crippen LogP contribution in [-0.4, -0.2) is 49.5 Å². The van der Waals surface area contributed by atoms with Gasteiger partial charge in [-0.2, -0.15) is 0 Å². The van der Waals surface area contributed by atoms with Gasteiger partial charge >= 0.3 is 0 Å². The van der Waals surface area contributed by atoms with Crippen molar-refractivity contribution in [2.75, 3.05) is 39.5 Å². The minimum Gasteiger partial charge on any atom is -0.396 e. The van der Waals surface area contributed by atoms with Crippen molar-refractivity contribution < 1.29 is 14.2 Å². The van der Waals surface area contributed by atoms with Crippen LogP contribution in [0.5, 0.6) is 0 Å². The Morgan fingerprint density at radius 1 is 1.35 bits per heavy atom. The van der Waals surface area contributed by atoms with Crippen molar-refractivity contribution in [2.45, 2.75) is 5.92 Å². The highest BCUT2D eigenvalue weighted by Crippen LogP contribution is 2.18. The monoisotopic (exact) mass is 239 g/mol. The predicted molar refractivity (Wildman–Crippen MR) is 63.5 cm³/mol. The quantitative estimate of drug-likeness (QED) is 0.858. The molecular formula is C13H18FNO2. The summed E-state index contributed by atoms with van der Waals surface area (Å²) in [5.74, 6) is -0.272. The SMILES string of the molecule is OCC(CN1CCOCC1)c1cccc(F)c1. The first-order chi connectivity index (χ1) is 8.29. The number of nitrogens with zero attached hydrogens (tertiary/aromatic N) is 1. The molecule has 0 spiro atoms. The van der Waals surface area contributed by atoms with Gasteiger partial charge in [0, 0.05) is 25.6 Å². The third-order valence-corrected chi connectivity index (χ3v) is 3.12. The number of aliphatic hydroxyl groups is 1. The summed E-state index contributed by atoms with van der Waals surface area (Å²) >= 11 is 0. The van der Waals surface area contributed by atoms with E-state index in [1.165, 1.54) is 12.1 Å². The highest BCUT2D eigenvalue weighted by atomic mass is 19.1. The number of halogens is 1. The van der Waals surface area contributed by atoms with Crippen molar-refractivity contribution in [1.82, 2.24) is 4.90 Å². The highest BCUT2D eigenvalue weighted by Gasteiger charge is 2.17. The Morgan fingerprint density at radius 3 is 2.76 bits per heavy atom. The number of rotatable bonds is 4. The fourth-order valence-electron chi connectivity index (χ4n) is 2.12. The van der Waals surface area contributed by atoms with E-state index in [2.05, 4.69) is 4.90 Å². The molecule has 1 atom stereocenters. The van der Waals surface area contributed by atoms with Gasteiger partial charge in [0.2, 0.25) is 0 Å². The van der Waals surface area contributed by atoms with Crippen molar-refractivity contribution >= 4 is 0 Å². The Hall–Kier alpha value is -0.970. The third-order valence-electron chi connectivity index (χ3n) is 3.12. The second-order valence-electron chi connectivity index (χ2n) is 4.35. The molecule has 1 N–H and O–H groups in total. The van der Waals surface area contributed by atoms with Gasteiger partial charge < -0.3 is 9.84 Å². The van der Waals surface area contributed by atoms with Crippen molar-refractivity contribution in [3.8, 4) is 0 Å². The normalized spacial score (nSPS) is 19.2. The van der Waals surface area contributed by atoms with Crippen LogP contribution in [0.2, 0.25) is 0 Å². The lowest BCUT2D eigenvalue weighted by molar-refractivity contribution is 0.0319. The Kier molecular flexibility index (Phi) is 4.48. The molecule has 1 aliphatic heterocycles. The summed E-state index contributed by atoms with van der Waals surface area (Å²) in [7, 11) is 0. The maximum Gasteiger partial charge on any atom is 0.123 e. The van der Waals surface area contributed by atoms with Crippen LogP contribution in [0, 0.1) is 5.82 Å². The Labute approximate surface area is 101 Å². The molecule has 0 aromatic heterocycles. The maximum atomic E-state index is 13.1. The van der Waals surface area contributed by atoms with E-state index in [9.17, 15) is 9.50 Å². The number of ether oxygens (including phenoxy) is 1. The minimum atomic E-state index is -0.247. The summed E-state index contributed by atoms with van der Waals surface area (Å²) in [5.41, 5.74) is 0.860. The van der Waals surface area contributed by atoms with Crippen molar-refractivity contribution in [2.24, 2.45) is 0 Å². The van der Waals surface area contributed by atoms with Crippen LogP contribution in [0.1, 0.15) is 11.5 Å². The summed E-state index contributed by atoms with van der Waals surface area (Å²) in [4.78, 5) is 2.25. The van der Waals surface area contributed by atoms with E-state index in [4.69, 9.17) is 4.74 Å². The smallest absolute Gasteiger partial charge is 0.123 e. The fourth-order valence-corrected chi connectivity index (χ4v) is 2.12. The lowest BCUT2D eigenvalue weighted by Crippen LogP contribution is -2.39. The van der Waals surface area contributed by atoms with Gasteiger partial charge in [0.25, 0.3) is 0 Å². The molecule has 1 unspecified atom stereocenters. The lowest BCUT2D eigenvalue weighted by atomic mass is 9.99. The van der Waals surface area contributed by atoms with Gasteiger partial charge in [0.05, 0.1) is 19.8 Å². The van der Waals surface area contributed by atoms with E-state index in [0.717, 1.165) is 38.4 Å². The van der Waals surface area contributed by atoms with E-state index in [1.807, 2.05) is 6.07 Å². The van der Waals surface area contributed by atoms with E-state index < -0.39 is 0 Å². The molecule has 2 rings (SSSR count). The standard InChI is InChI=1S/C13H18FNO2/c14-13-3-1-2-11(8-13)12(10-16)9-15-4-6-17-7-5-15/h1-3,8,12,16H,4-7,9-10H2. The van der Waals surface area contributed by atoms with Gasteiger partial charge in [-0.15, -0.1) is 0 Å². The first-order valence-corrected chi connectivity index (χ1v) is 5.96. The Balaban J connectivity index is 2.00. The highest BCUT2D eigenvalue weighted by molar-refractivity contribution is 5.21. The molecule has 1 aromatic rings. The molecule has 1 aliphatic rings. The van der Waals surface area contributed by atoms with Crippen LogP contribution in [0.4, 0.5) is 4.39 Å². The van der Waals surface area contributed by atoms with Crippen LogP contribution >= 0.6 is 0 Å². The molecular weight excluding hydrogens is 221 g/mol. The number of aliphatic hydroxyl groups excluding tert-OH is 1. The topological polar surface area (TPSA) is 32.7 Å². The van der Waals surface area contributed by atoms with Gasteiger partial charge in [-0.1, -0.05) is 12.1 Å². The Morgan fingerprint density at radius 2 is 2.12 bits per heavy atom. The molecule has 0 amide bonds. The molecule has 0 saturated carbocycles. The zero-order valence-corrected chi connectivity index (χ0v) is 9.81. The largest absolute Gasteiger partial charge is 0.396 e. The molecule has 0 aliphatic carbocycles. The third kappa shape index (κ3) is 3.49. The molecule has 1 heterocycles.